The Hall–Kier alpha value is -0.800. The van der Waals surface area contributed by atoms with Crippen molar-refractivity contribution in [3.63, 3.8) is 0 Å². The number of fused-ring (bicyclic) bond motifs is 1. The number of nitrogens with two attached hydrogens (primary N) is 1. The molecule has 1 aliphatic heterocycles. The number of hydrogen-bond acceptors (Lipinski definition) is 2. The molecule has 0 aromatic heterocycles. The summed E-state index contributed by atoms with van der Waals surface area (Å²) in [5.74, 6) is 0.599. The van der Waals surface area contributed by atoms with Crippen LogP contribution in [0.15, 0.2) is 18.2 Å². The van der Waals surface area contributed by atoms with Gasteiger partial charge in [0.2, 0.25) is 0 Å². The highest BCUT2D eigenvalue weighted by Gasteiger charge is 2.35. The highest BCUT2D eigenvalue weighted by Crippen LogP contribution is 2.39. The Morgan fingerprint density at radius 3 is 3.07 bits per heavy atom. The van der Waals surface area contributed by atoms with Crippen molar-refractivity contribution in [2.24, 2.45) is 5.73 Å². The topological polar surface area (TPSA) is 35.2 Å². The summed E-state index contributed by atoms with van der Waals surface area (Å²) in [5.41, 5.74) is 6.03. The molecule has 0 saturated heterocycles. The second kappa shape index (κ2) is 3.65. The van der Waals surface area contributed by atoms with E-state index in [0.717, 1.165) is 5.56 Å². The molecule has 2 atom stereocenters. The molecule has 2 rings (SSSR count). The first-order chi connectivity index (χ1) is 7.04. The van der Waals surface area contributed by atoms with Gasteiger partial charge in [0.25, 0.3) is 0 Å². The van der Waals surface area contributed by atoms with E-state index < -0.39 is 12.3 Å². The van der Waals surface area contributed by atoms with Gasteiger partial charge in [-0.15, -0.1) is 0 Å². The lowest BCUT2D eigenvalue weighted by Gasteiger charge is -2.36. The molecule has 82 valence electrons. The third-order valence-corrected chi connectivity index (χ3v) is 2.90. The van der Waals surface area contributed by atoms with Gasteiger partial charge in [-0.25, -0.2) is 4.39 Å². The average molecular weight is 230 g/mol. The lowest BCUT2D eigenvalue weighted by molar-refractivity contribution is 0.0297. The lowest BCUT2D eigenvalue weighted by atomic mass is 9.90. The van der Waals surface area contributed by atoms with E-state index in [1.165, 1.54) is 0 Å². The summed E-state index contributed by atoms with van der Waals surface area (Å²) in [7, 11) is 0. The number of rotatable bonds is 1. The number of hydrogen-bond donors (Lipinski definition) is 1. The van der Waals surface area contributed by atoms with E-state index in [1.54, 1.807) is 19.1 Å². The zero-order valence-corrected chi connectivity index (χ0v) is 9.22. The van der Waals surface area contributed by atoms with E-state index in [0.29, 0.717) is 17.2 Å². The quantitative estimate of drug-likeness (QED) is 0.804. The summed E-state index contributed by atoms with van der Waals surface area (Å²) in [6.07, 6.45) is 0.484. The van der Waals surface area contributed by atoms with Crippen LogP contribution in [0.2, 0.25) is 5.02 Å². The van der Waals surface area contributed by atoms with Gasteiger partial charge in [-0.3, -0.25) is 0 Å². The predicted molar refractivity (Wildman–Crippen MR) is 58.0 cm³/mol. The first kappa shape index (κ1) is 10.7. The molecule has 2 N–H and O–H groups in total. The highest BCUT2D eigenvalue weighted by molar-refractivity contribution is 6.30. The number of alkyl halides is 1. The van der Waals surface area contributed by atoms with Crippen LogP contribution in [0.3, 0.4) is 0 Å². The molecule has 1 heterocycles. The van der Waals surface area contributed by atoms with E-state index >= 15 is 0 Å². The van der Waals surface area contributed by atoms with Gasteiger partial charge >= 0.3 is 0 Å². The van der Waals surface area contributed by atoms with Gasteiger partial charge in [-0.1, -0.05) is 17.7 Å². The van der Waals surface area contributed by atoms with Crippen LogP contribution in [-0.4, -0.2) is 12.3 Å². The highest BCUT2D eigenvalue weighted by atomic mass is 35.5. The maximum atomic E-state index is 12.8. The maximum Gasteiger partial charge on any atom is 0.136 e. The van der Waals surface area contributed by atoms with Gasteiger partial charge in [0.05, 0.1) is 0 Å². The molecule has 0 bridgehead atoms. The van der Waals surface area contributed by atoms with Crippen molar-refractivity contribution in [1.29, 1.82) is 0 Å². The van der Waals surface area contributed by atoms with Crippen molar-refractivity contribution < 1.29 is 9.13 Å². The SMILES string of the molecule is CC1(CF)C[C@@H](N)c2ccc(Cl)cc2O1. The monoisotopic (exact) mass is 229 g/mol. The van der Waals surface area contributed by atoms with E-state index in [1.807, 2.05) is 6.07 Å². The molecule has 1 unspecified atom stereocenters. The van der Waals surface area contributed by atoms with Gasteiger partial charge in [-0.2, -0.15) is 0 Å². The number of halogens is 2. The molecular formula is C11H13ClFNO. The van der Waals surface area contributed by atoms with E-state index in [4.69, 9.17) is 22.1 Å². The molecule has 4 heteroatoms. The molecule has 0 radical (unpaired) electrons. The summed E-state index contributed by atoms with van der Waals surface area (Å²) in [6, 6.07) is 5.10. The van der Waals surface area contributed by atoms with Crippen LogP contribution in [-0.2, 0) is 0 Å². The van der Waals surface area contributed by atoms with Gasteiger partial charge < -0.3 is 10.5 Å². The first-order valence-corrected chi connectivity index (χ1v) is 5.22. The standard InChI is InChI=1S/C11H13ClFNO/c1-11(6-13)5-9(14)8-3-2-7(12)4-10(8)15-11/h2-4,9H,5-6,14H2,1H3/t9-,11?/m1/s1. The molecule has 0 saturated carbocycles. The minimum atomic E-state index is -0.822. The molecule has 0 spiro atoms. The van der Waals surface area contributed by atoms with Crippen LogP contribution in [0.5, 0.6) is 5.75 Å². The zero-order chi connectivity index (χ0) is 11.1. The second-order valence-electron chi connectivity index (χ2n) is 4.18. The van der Waals surface area contributed by atoms with Crippen molar-refractivity contribution in [1.82, 2.24) is 0 Å². The summed E-state index contributed by atoms with van der Waals surface area (Å²) in [6.45, 7) is 1.17. The molecule has 0 aliphatic carbocycles. The Morgan fingerprint density at radius 1 is 1.67 bits per heavy atom. The Balaban J connectivity index is 2.41. The largest absolute Gasteiger partial charge is 0.484 e. The molecule has 15 heavy (non-hydrogen) atoms. The molecule has 1 aromatic rings. The Morgan fingerprint density at radius 2 is 2.40 bits per heavy atom. The van der Waals surface area contributed by atoms with Crippen LogP contribution in [0.4, 0.5) is 4.39 Å². The first-order valence-electron chi connectivity index (χ1n) is 4.84. The van der Waals surface area contributed by atoms with Crippen LogP contribution in [0, 0.1) is 0 Å². The van der Waals surface area contributed by atoms with E-state index in [-0.39, 0.29) is 6.04 Å². The summed E-state index contributed by atoms with van der Waals surface area (Å²) in [4.78, 5) is 0. The van der Waals surface area contributed by atoms with Gasteiger partial charge in [0, 0.05) is 23.0 Å². The Bertz CT molecular complexity index is 385. The minimum absolute atomic E-state index is 0.188. The van der Waals surface area contributed by atoms with Gasteiger partial charge in [0.15, 0.2) is 0 Å². The molecule has 0 fully saturated rings. The van der Waals surface area contributed by atoms with Crippen molar-refractivity contribution in [3.05, 3.63) is 28.8 Å². The van der Waals surface area contributed by atoms with Gasteiger partial charge in [-0.05, 0) is 19.1 Å². The van der Waals surface area contributed by atoms with Crippen molar-refractivity contribution >= 4 is 11.6 Å². The fourth-order valence-corrected chi connectivity index (χ4v) is 2.03. The third kappa shape index (κ3) is 1.94. The normalized spacial score (nSPS) is 29.5. The fraction of sp³-hybridized carbons (Fsp3) is 0.455. The third-order valence-electron chi connectivity index (χ3n) is 2.67. The smallest absolute Gasteiger partial charge is 0.136 e. The van der Waals surface area contributed by atoms with Crippen LogP contribution in [0.1, 0.15) is 24.9 Å². The second-order valence-corrected chi connectivity index (χ2v) is 4.61. The van der Waals surface area contributed by atoms with Crippen LogP contribution in [0.25, 0.3) is 0 Å². The van der Waals surface area contributed by atoms with Crippen LogP contribution < -0.4 is 10.5 Å². The number of benzene rings is 1. The molecule has 0 amide bonds. The molecule has 1 aromatic carbocycles. The van der Waals surface area contributed by atoms with E-state index in [2.05, 4.69) is 0 Å². The fourth-order valence-electron chi connectivity index (χ4n) is 1.87. The zero-order valence-electron chi connectivity index (χ0n) is 8.47. The predicted octanol–water partition coefficient (Wildman–Crippen LogP) is 2.85. The Kier molecular flexibility index (Phi) is 2.61. The molecule has 1 aliphatic rings. The average Bonchev–Trinajstić information content (AvgIpc) is 2.16. The lowest BCUT2D eigenvalue weighted by Crippen LogP contribution is -2.42. The van der Waals surface area contributed by atoms with Crippen LogP contribution >= 0.6 is 11.6 Å². The Labute approximate surface area is 93.2 Å². The van der Waals surface area contributed by atoms with Gasteiger partial charge in [0.1, 0.15) is 18.0 Å². The van der Waals surface area contributed by atoms with Crippen molar-refractivity contribution in [2.45, 2.75) is 25.0 Å². The summed E-state index contributed by atoms with van der Waals surface area (Å²) in [5, 5.41) is 0.573. The molecular weight excluding hydrogens is 217 g/mol. The molecule has 2 nitrogen and oxygen atoms in total. The minimum Gasteiger partial charge on any atom is -0.484 e. The summed E-state index contributed by atoms with van der Waals surface area (Å²) < 4.78 is 18.4. The summed E-state index contributed by atoms with van der Waals surface area (Å²) >= 11 is 5.85. The van der Waals surface area contributed by atoms with E-state index in [9.17, 15) is 4.39 Å². The van der Waals surface area contributed by atoms with Crippen molar-refractivity contribution in [2.75, 3.05) is 6.67 Å². The number of ether oxygens (including phenoxy) is 1. The van der Waals surface area contributed by atoms with Crippen molar-refractivity contribution in [3.8, 4) is 5.75 Å². The maximum absolute atomic E-state index is 12.8.